The smallest absolute Gasteiger partial charge is 0.252 e. The first-order chi connectivity index (χ1) is 14.7. The molecule has 30 heavy (non-hydrogen) atoms. The molecule has 0 aliphatic carbocycles. The van der Waals surface area contributed by atoms with Crippen LogP contribution in [-0.2, 0) is 22.5 Å². The van der Waals surface area contributed by atoms with E-state index in [2.05, 4.69) is 4.90 Å². The highest BCUT2D eigenvalue weighted by Gasteiger charge is 2.33. The van der Waals surface area contributed by atoms with Crippen LogP contribution in [0.5, 0.6) is 11.6 Å². The quantitative estimate of drug-likeness (QED) is 0.769. The number of fused-ring (bicyclic) bond motifs is 1. The van der Waals surface area contributed by atoms with Crippen molar-refractivity contribution in [3.05, 3.63) is 41.3 Å². The van der Waals surface area contributed by atoms with E-state index in [9.17, 15) is 9.18 Å². The second-order valence-corrected chi connectivity index (χ2v) is 8.02. The first-order valence-electron chi connectivity index (χ1n) is 10.7. The molecule has 3 aliphatic rings. The average Bonchev–Trinajstić information content (AvgIpc) is 3.49. The summed E-state index contributed by atoms with van der Waals surface area (Å²) in [7, 11) is 0. The molecule has 4 heterocycles. The topological polar surface area (TPSA) is 67.8 Å². The standard InChI is InChI=1S/C22H25FN4O3/c23-15-5-7-16(8-6-15)30-20-17-14-27(21(28)19-4-3-13-29-19)12-9-18(17)24-22(25-20)26-10-1-2-11-26/h5-8,19H,1-4,9-14H2/t19-/m1/s1. The third-order valence-electron chi connectivity index (χ3n) is 5.94. The van der Waals surface area contributed by atoms with Crippen molar-refractivity contribution in [1.82, 2.24) is 14.9 Å². The molecular formula is C22H25FN4O3. The van der Waals surface area contributed by atoms with E-state index < -0.39 is 0 Å². The third-order valence-corrected chi connectivity index (χ3v) is 5.94. The van der Waals surface area contributed by atoms with Gasteiger partial charge in [0.15, 0.2) is 0 Å². The summed E-state index contributed by atoms with van der Waals surface area (Å²) in [5, 5.41) is 0. The number of benzene rings is 1. The van der Waals surface area contributed by atoms with Crippen molar-refractivity contribution in [2.24, 2.45) is 0 Å². The Labute approximate surface area is 174 Å². The molecule has 7 nitrogen and oxygen atoms in total. The third kappa shape index (κ3) is 3.84. The molecule has 5 rings (SSSR count). The maximum atomic E-state index is 13.3. The molecule has 0 unspecified atom stereocenters. The van der Waals surface area contributed by atoms with E-state index in [0.29, 0.717) is 43.7 Å². The normalized spacial score (nSPS) is 21.0. The number of nitrogens with zero attached hydrogens (tertiary/aromatic N) is 4. The molecule has 158 valence electrons. The number of rotatable bonds is 4. The van der Waals surface area contributed by atoms with Crippen molar-refractivity contribution in [1.29, 1.82) is 0 Å². The Kier molecular flexibility index (Phi) is 5.25. The molecule has 0 saturated carbocycles. The lowest BCUT2D eigenvalue weighted by molar-refractivity contribution is -0.141. The summed E-state index contributed by atoms with van der Waals surface area (Å²) in [4.78, 5) is 26.4. The number of amides is 1. The highest BCUT2D eigenvalue weighted by Crippen LogP contribution is 2.33. The molecule has 0 spiro atoms. The lowest BCUT2D eigenvalue weighted by Gasteiger charge is -2.31. The number of carbonyl (C=O) groups is 1. The Balaban J connectivity index is 1.46. The van der Waals surface area contributed by atoms with Crippen LogP contribution in [0.2, 0.25) is 0 Å². The number of anilines is 1. The predicted molar refractivity (Wildman–Crippen MR) is 108 cm³/mol. The van der Waals surface area contributed by atoms with Crippen molar-refractivity contribution >= 4 is 11.9 Å². The molecule has 0 bridgehead atoms. The summed E-state index contributed by atoms with van der Waals surface area (Å²) in [5.41, 5.74) is 1.74. The monoisotopic (exact) mass is 412 g/mol. The summed E-state index contributed by atoms with van der Waals surface area (Å²) in [6.07, 6.45) is 4.24. The van der Waals surface area contributed by atoms with Crippen LogP contribution >= 0.6 is 0 Å². The Morgan fingerprint density at radius 2 is 1.90 bits per heavy atom. The summed E-state index contributed by atoms with van der Waals surface area (Å²) in [6, 6.07) is 5.88. The first kappa shape index (κ1) is 19.2. The summed E-state index contributed by atoms with van der Waals surface area (Å²) >= 11 is 0. The van der Waals surface area contributed by atoms with Gasteiger partial charge < -0.3 is 19.3 Å². The Morgan fingerprint density at radius 3 is 2.63 bits per heavy atom. The van der Waals surface area contributed by atoms with Gasteiger partial charge >= 0.3 is 0 Å². The van der Waals surface area contributed by atoms with E-state index in [1.165, 1.54) is 12.1 Å². The van der Waals surface area contributed by atoms with Crippen molar-refractivity contribution in [3.63, 3.8) is 0 Å². The zero-order valence-corrected chi connectivity index (χ0v) is 16.8. The number of hydrogen-bond donors (Lipinski definition) is 0. The molecule has 2 saturated heterocycles. The van der Waals surface area contributed by atoms with E-state index in [4.69, 9.17) is 19.4 Å². The van der Waals surface area contributed by atoms with Gasteiger partial charge in [0.2, 0.25) is 11.8 Å². The minimum atomic E-state index is -0.349. The van der Waals surface area contributed by atoms with Gasteiger partial charge in [-0.1, -0.05) is 0 Å². The lowest BCUT2D eigenvalue weighted by atomic mass is 10.1. The zero-order chi connectivity index (χ0) is 20.5. The Bertz CT molecular complexity index is 925. The van der Waals surface area contributed by atoms with E-state index >= 15 is 0 Å². The summed E-state index contributed by atoms with van der Waals surface area (Å²) < 4.78 is 25.0. The van der Waals surface area contributed by atoms with Gasteiger partial charge in [-0.25, -0.2) is 9.37 Å². The average molecular weight is 412 g/mol. The maximum absolute atomic E-state index is 13.3. The molecule has 1 atom stereocenters. The van der Waals surface area contributed by atoms with Crippen LogP contribution in [0, 0.1) is 5.82 Å². The number of halogens is 1. The SMILES string of the molecule is O=C([C@H]1CCCO1)N1CCc2nc(N3CCCC3)nc(Oc3ccc(F)cc3)c2C1. The van der Waals surface area contributed by atoms with Gasteiger partial charge in [0.25, 0.3) is 5.91 Å². The van der Waals surface area contributed by atoms with Crippen molar-refractivity contribution in [2.45, 2.75) is 44.8 Å². The minimum Gasteiger partial charge on any atom is -0.438 e. The molecule has 2 aromatic rings. The molecule has 0 N–H and O–H groups in total. The number of ether oxygens (including phenoxy) is 2. The molecule has 0 radical (unpaired) electrons. The summed E-state index contributed by atoms with van der Waals surface area (Å²) in [5.74, 6) is 1.32. The molecule has 1 aromatic carbocycles. The Morgan fingerprint density at radius 1 is 1.10 bits per heavy atom. The van der Waals surface area contributed by atoms with Crippen molar-refractivity contribution in [2.75, 3.05) is 31.1 Å². The van der Waals surface area contributed by atoms with Gasteiger partial charge in [0.1, 0.15) is 17.7 Å². The van der Waals surface area contributed by atoms with Gasteiger partial charge in [0.05, 0.1) is 17.8 Å². The van der Waals surface area contributed by atoms with Gasteiger partial charge in [0, 0.05) is 32.7 Å². The van der Waals surface area contributed by atoms with Gasteiger partial charge in [-0.3, -0.25) is 4.79 Å². The second-order valence-electron chi connectivity index (χ2n) is 8.02. The largest absolute Gasteiger partial charge is 0.438 e. The zero-order valence-electron chi connectivity index (χ0n) is 16.8. The number of aromatic nitrogens is 2. The van der Waals surface area contributed by atoms with Crippen LogP contribution in [0.3, 0.4) is 0 Å². The highest BCUT2D eigenvalue weighted by atomic mass is 19.1. The van der Waals surface area contributed by atoms with Crippen LogP contribution in [0.4, 0.5) is 10.3 Å². The van der Waals surface area contributed by atoms with E-state index in [1.807, 2.05) is 4.90 Å². The van der Waals surface area contributed by atoms with Crippen LogP contribution < -0.4 is 9.64 Å². The van der Waals surface area contributed by atoms with E-state index in [1.54, 1.807) is 12.1 Å². The molecule has 1 amide bonds. The maximum Gasteiger partial charge on any atom is 0.252 e. The van der Waals surface area contributed by atoms with Gasteiger partial charge in [-0.2, -0.15) is 4.98 Å². The molecule has 2 fully saturated rings. The molecule has 1 aromatic heterocycles. The number of carbonyl (C=O) groups excluding carboxylic acids is 1. The second kappa shape index (κ2) is 8.18. The predicted octanol–water partition coefficient (Wildman–Crippen LogP) is 3.07. The highest BCUT2D eigenvalue weighted by molar-refractivity contribution is 5.81. The van der Waals surface area contributed by atoms with Crippen molar-refractivity contribution in [3.8, 4) is 11.6 Å². The van der Waals surface area contributed by atoms with Gasteiger partial charge in [-0.15, -0.1) is 0 Å². The van der Waals surface area contributed by atoms with Crippen LogP contribution in [0.25, 0.3) is 0 Å². The Hall–Kier alpha value is -2.74. The van der Waals surface area contributed by atoms with Crippen molar-refractivity contribution < 1.29 is 18.7 Å². The first-order valence-corrected chi connectivity index (χ1v) is 10.7. The molecule has 8 heteroatoms. The lowest BCUT2D eigenvalue weighted by Crippen LogP contribution is -2.42. The fraction of sp³-hybridized carbons (Fsp3) is 0.500. The van der Waals surface area contributed by atoms with Gasteiger partial charge in [-0.05, 0) is 49.9 Å². The molecule has 3 aliphatic heterocycles. The van der Waals surface area contributed by atoms with Crippen LogP contribution in [0.1, 0.15) is 36.9 Å². The van der Waals surface area contributed by atoms with E-state index in [-0.39, 0.29) is 17.8 Å². The van der Waals surface area contributed by atoms with Crippen LogP contribution in [0.15, 0.2) is 24.3 Å². The van der Waals surface area contributed by atoms with Crippen LogP contribution in [-0.4, -0.2) is 53.1 Å². The molecular weight excluding hydrogens is 387 g/mol. The minimum absolute atomic E-state index is 0.0227. The number of hydrogen-bond acceptors (Lipinski definition) is 6. The summed E-state index contributed by atoms with van der Waals surface area (Å²) in [6.45, 7) is 3.50. The van der Waals surface area contributed by atoms with E-state index in [0.717, 1.165) is 50.0 Å². The fourth-order valence-electron chi connectivity index (χ4n) is 4.29. The fourth-order valence-corrected chi connectivity index (χ4v) is 4.29.